The fourth-order valence-electron chi connectivity index (χ4n) is 8.46. The first-order valence-corrected chi connectivity index (χ1v) is 26.9. The molecule has 0 amide bonds. The van der Waals surface area contributed by atoms with Crippen molar-refractivity contribution in [2.24, 2.45) is 0 Å². The summed E-state index contributed by atoms with van der Waals surface area (Å²) in [7, 11) is 0. The third-order valence-corrected chi connectivity index (χ3v) is 14.0. The standard InChI is InChI=1S/C17H14F6.C14H6F8.C14H14.C9H10O2.C8H6F4.C8H10.5CH4/c1-11-3-7-13(8-4-11)15(16(18,19)20,17(21,22)23)14-9-5-12(2)6-10-14;1-3-7(15)11(19)5(12(20)8(3)16)6-13(21)9(17)4(2)10(18)14(6)22;1-11-3-7-13(8-4-11)14-9-5-12(2)6-10-14;1-6-3-4-7(2)8(5-6)9(10)11;1-3-5(9)7(11)4(2)8(12)6(3)10;1-7-3-5-8(2)6-4-7;;;;;/h3-10H,1-2H3;1-2H3;3-10H,1-2H3;3-5H,1-2H3,(H,10,11);1-2H3;3-6H,1-2H3;5*1H4. The van der Waals surface area contributed by atoms with Crippen LogP contribution in [-0.4, -0.2) is 23.4 Å². The molecule has 0 radical (unpaired) electrons. The number of alkyl halides is 6. The Morgan fingerprint density at radius 2 is 0.474 bits per heavy atom. The summed E-state index contributed by atoms with van der Waals surface area (Å²) in [6.45, 7) is 18.6. The van der Waals surface area contributed by atoms with Gasteiger partial charge in [-0.1, -0.05) is 210 Å². The molecule has 0 aromatic heterocycles. The summed E-state index contributed by atoms with van der Waals surface area (Å²) in [5, 5.41) is 8.69. The van der Waals surface area contributed by atoms with Gasteiger partial charge in [-0.25, -0.2) is 57.5 Å². The molecule has 0 saturated carbocycles. The Balaban J connectivity index is 0. The van der Waals surface area contributed by atoms with Crippen molar-refractivity contribution in [1.29, 1.82) is 0 Å². The zero-order valence-electron chi connectivity index (χ0n) is 50.4. The lowest BCUT2D eigenvalue weighted by Crippen LogP contribution is -2.54. The van der Waals surface area contributed by atoms with E-state index < -0.39 is 138 Å². The van der Waals surface area contributed by atoms with Crippen molar-refractivity contribution < 1.29 is 88.9 Å². The molecule has 518 valence electrons. The maximum absolute atomic E-state index is 13.8. The quantitative estimate of drug-likeness (QED) is 0.138. The highest BCUT2D eigenvalue weighted by Crippen LogP contribution is 2.56. The predicted molar refractivity (Wildman–Crippen MR) is 346 cm³/mol. The van der Waals surface area contributed by atoms with Gasteiger partial charge in [0.15, 0.2) is 69.8 Å². The molecule has 0 heterocycles. The largest absolute Gasteiger partial charge is 0.478 e. The summed E-state index contributed by atoms with van der Waals surface area (Å²) in [6, 6.07) is 39.7. The van der Waals surface area contributed by atoms with E-state index in [2.05, 4.69) is 100 Å². The molecular formula is C75H80F18O2. The first-order valence-electron chi connectivity index (χ1n) is 26.9. The molecule has 2 nitrogen and oxygen atoms in total. The Hall–Kier alpha value is -8.81. The maximum Gasteiger partial charge on any atom is 0.411 e. The SMILES string of the molecule is C.C.C.C.C.Cc1c(F)c(F)c(-c2c(F)c(F)c(C)c(F)c2F)c(F)c1F.Cc1c(F)c(F)c(C)c(F)c1F.Cc1ccc(-c2ccc(C)cc2)cc1.Cc1ccc(C(c2ccc(C)cc2)(C(F)(F)F)C(F)(F)F)cc1.Cc1ccc(C)c(C(=O)O)c1.Cc1ccc(C)cc1. The van der Waals surface area contributed by atoms with Gasteiger partial charge >= 0.3 is 18.3 Å². The second-order valence-electron chi connectivity index (χ2n) is 21.0. The monoisotopic (exact) mass is 1350 g/mol. The summed E-state index contributed by atoms with van der Waals surface area (Å²) < 4.78 is 242. The molecule has 0 aliphatic carbocycles. The smallest absolute Gasteiger partial charge is 0.411 e. The van der Waals surface area contributed by atoms with Crippen LogP contribution in [-0.2, 0) is 5.41 Å². The number of rotatable bonds is 5. The molecule has 9 aromatic rings. The number of carboxylic acids is 1. The van der Waals surface area contributed by atoms with Crippen LogP contribution in [0.1, 0.15) is 125 Å². The summed E-state index contributed by atoms with van der Waals surface area (Å²) in [6.07, 6.45) is -11.1. The molecule has 20 heteroatoms. The fraction of sp³-hybridized carbons (Fsp3) is 0.267. The number of aryl methyl sites for hydroxylation is 8. The molecule has 0 aliphatic rings. The van der Waals surface area contributed by atoms with Gasteiger partial charge in [-0.05, 0) is 117 Å². The zero-order valence-corrected chi connectivity index (χ0v) is 50.4. The highest BCUT2D eigenvalue weighted by molar-refractivity contribution is 5.89. The van der Waals surface area contributed by atoms with E-state index in [-0.39, 0.29) is 37.1 Å². The normalized spacial score (nSPS) is 10.5. The summed E-state index contributed by atoms with van der Waals surface area (Å²) in [5.41, 5.74) is -1.67. The molecule has 0 unspecified atom stereocenters. The van der Waals surface area contributed by atoms with Crippen LogP contribution in [0.5, 0.6) is 0 Å². The molecule has 0 aliphatic heterocycles. The Labute approximate surface area is 546 Å². The molecule has 0 atom stereocenters. The maximum atomic E-state index is 13.8. The van der Waals surface area contributed by atoms with E-state index in [4.69, 9.17) is 5.11 Å². The van der Waals surface area contributed by atoms with E-state index in [0.29, 0.717) is 30.5 Å². The fourth-order valence-corrected chi connectivity index (χ4v) is 8.46. The van der Waals surface area contributed by atoms with Crippen LogP contribution < -0.4 is 0 Å². The van der Waals surface area contributed by atoms with E-state index in [1.54, 1.807) is 26.8 Å². The van der Waals surface area contributed by atoms with Gasteiger partial charge < -0.3 is 5.11 Å². The Morgan fingerprint density at radius 3 is 0.674 bits per heavy atom. The van der Waals surface area contributed by atoms with Crippen molar-refractivity contribution >= 4 is 5.97 Å². The summed E-state index contributed by atoms with van der Waals surface area (Å²) >= 11 is 0. The number of hydrogen-bond donors (Lipinski definition) is 1. The van der Waals surface area contributed by atoms with Crippen LogP contribution in [0.15, 0.2) is 140 Å². The van der Waals surface area contributed by atoms with Crippen LogP contribution in [0.3, 0.4) is 0 Å². The van der Waals surface area contributed by atoms with Gasteiger partial charge in [0.05, 0.1) is 16.7 Å². The van der Waals surface area contributed by atoms with Gasteiger partial charge in [0.25, 0.3) is 0 Å². The highest BCUT2D eigenvalue weighted by atomic mass is 19.4. The lowest BCUT2D eigenvalue weighted by Gasteiger charge is -2.38. The van der Waals surface area contributed by atoms with Gasteiger partial charge in [-0.3, -0.25) is 0 Å². The van der Waals surface area contributed by atoms with Gasteiger partial charge in [-0.15, -0.1) is 0 Å². The van der Waals surface area contributed by atoms with E-state index in [0.717, 1.165) is 49.2 Å². The van der Waals surface area contributed by atoms with E-state index in [9.17, 15) is 83.8 Å². The first-order chi connectivity index (χ1) is 41.7. The van der Waals surface area contributed by atoms with Crippen LogP contribution >= 0.6 is 0 Å². The molecule has 0 bridgehead atoms. The van der Waals surface area contributed by atoms with Crippen molar-refractivity contribution in [2.45, 2.75) is 138 Å². The van der Waals surface area contributed by atoms with E-state index in [1.165, 1.54) is 57.6 Å². The summed E-state index contributed by atoms with van der Waals surface area (Å²) in [5.74, 6) is -22.5. The van der Waals surface area contributed by atoms with Crippen molar-refractivity contribution in [2.75, 3.05) is 0 Å². The summed E-state index contributed by atoms with van der Waals surface area (Å²) in [4.78, 5) is 10.6. The Kier molecular flexibility index (Phi) is 34.1. The Bertz CT molecular complexity index is 3590. The minimum absolute atomic E-state index is 0. The minimum Gasteiger partial charge on any atom is -0.478 e. The number of benzene rings is 9. The van der Waals surface area contributed by atoms with Gasteiger partial charge in [0.1, 0.15) is 0 Å². The van der Waals surface area contributed by atoms with E-state index >= 15 is 0 Å². The molecule has 9 aromatic carbocycles. The third-order valence-electron chi connectivity index (χ3n) is 14.0. The van der Waals surface area contributed by atoms with Gasteiger partial charge in [-0.2, -0.15) is 26.3 Å². The molecule has 9 rings (SSSR count). The number of halogens is 18. The molecule has 0 spiro atoms. The van der Waals surface area contributed by atoms with Gasteiger partial charge in [0, 0.05) is 22.3 Å². The lowest BCUT2D eigenvalue weighted by molar-refractivity contribution is -0.288. The zero-order chi connectivity index (χ0) is 68.2. The lowest BCUT2D eigenvalue weighted by atomic mass is 9.72. The minimum atomic E-state index is -5.53. The molecule has 0 fully saturated rings. The Morgan fingerprint density at radius 1 is 0.284 bits per heavy atom. The highest BCUT2D eigenvalue weighted by Gasteiger charge is 2.72. The molecular weight excluding hydrogens is 1270 g/mol. The topological polar surface area (TPSA) is 37.3 Å². The van der Waals surface area contributed by atoms with Crippen molar-refractivity contribution in [3.63, 3.8) is 0 Å². The number of carbonyl (C=O) groups is 1. The van der Waals surface area contributed by atoms with Gasteiger partial charge in [0.2, 0.25) is 5.41 Å². The first kappa shape index (κ1) is 88.2. The van der Waals surface area contributed by atoms with Crippen LogP contribution in [0.25, 0.3) is 22.3 Å². The molecule has 1 N–H and O–H groups in total. The van der Waals surface area contributed by atoms with Crippen molar-refractivity contribution in [3.05, 3.63) is 293 Å². The average molecular weight is 1360 g/mol. The predicted octanol–water partition coefficient (Wildman–Crippen LogP) is 25.1. The second kappa shape index (κ2) is 36.7. The van der Waals surface area contributed by atoms with Crippen molar-refractivity contribution in [1.82, 2.24) is 0 Å². The van der Waals surface area contributed by atoms with Crippen LogP contribution in [0.2, 0.25) is 0 Å². The average Bonchev–Trinajstić information content (AvgIpc) is 0.725. The third kappa shape index (κ3) is 20.8. The van der Waals surface area contributed by atoms with Crippen LogP contribution in [0.4, 0.5) is 79.0 Å². The molecule has 95 heavy (non-hydrogen) atoms. The number of aromatic carboxylic acids is 1. The molecule has 0 saturated heterocycles. The van der Waals surface area contributed by atoms with Crippen molar-refractivity contribution in [3.8, 4) is 22.3 Å². The van der Waals surface area contributed by atoms with Crippen LogP contribution in [0, 0.1) is 153 Å². The van der Waals surface area contributed by atoms with E-state index in [1.807, 2.05) is 19.1 Å². The number of carboxylic acid groups (broad SMARTS) is 1. The number of hydrogen-bond acceptors (Lipinski definition) is 1. The second-order valence-corrected chi connectivity index (χ2v) is 21.0.